The number of H-pyrrole nitrogens is 1. The van der Waals surface area contributed by atoms with Crippen LogP contribution in [0.1, 0.15) is 5.56 Å². The number of nitrogens with one attached hydrogen (secondary N) is 1. The third kappa shape index (κ3) is 3.33. The maximum atomic E-state index is 12.9. The average Bonchev–Trinajstić information content (AvgIpc) is 3.12. The molecule has 0 aliphatic rings. The third-order valence-corrected chi connectivity index (χ3v) is 4.22. The van der Waals surface area contributed by atoms with Gasteiger partial charge in [0.1, 0.15) is 5.76 Å². The van der Waals surface area contributed by atoms with Gasteiger partial charge in [0.05, 0.1) is 16.5 Å². The molecule has 0 saturated carbocycles. The van der Waals surface area contributed by atoms with Crippen molar-refractivity contribution in [2.45, 2.75) is 6.18 Å². The number of nitrogens with zero attached hydrogens (tertiary/aromatic N) is 1. The van der Waals surface area contributed by atoms with Crippen molar-refractivity contribution in [1.82, 2.24) is 9.97 Å². The van der Waals surface area contributed by atoms with Gasteiger partial charge in [0, 0.05) is 10.6 Å². The summed E-state index contributed by atoms with van der Waals surface area (Å²) >= 11 is 5.88. The Kier molecular flexibility index (Phi) is 4.04. The van der Waals surface area contributed by atoms with Crippen LogP contribution in [0.5, 0.6) is 0 Å². The molecule has 0 spiro atoms. The number of aromatic amines is 1. The van der Waals surface area contributed by atoms with Gasteiger partial charge >= 0.3 is 6.18 Å². The Balaban J connectivity index is 1.76. The van der Waals surface area contributed by atoms with E-state index < -0.39 is 17.3 Å². The van der Waals surface area contributed by atoms with Crippen LogP contribution >= 0.6 is 11.6 Å². The fourth-order valence-corrected chi connectivity index (χ4v) is 2.87. The van der Waals surface area contributed by atoms with E-state index in [1.54, 1.807) is 12.1 Å². The summed E-state index contributed by atoms with van der Waals surface area (Å²) in [6.07, 6.45) is -4.45. The molecule has 4 nitrogen and oxygen atoms in total. The number of aromatic nitrogens is 2. The Labute approximate surface area is 155 Å². The third-order valence-electron chi connectivity index (χ3n) is 3.98. The van der Waals surface area contributed by atoms with Crippen LogP contribution in [0, 0.1) is 0 Å². The number of halogens is 4. The summed E-state index contributed by atoms with van der Waals surface area (Å²) in [5.41, 5.74) is -0.470. The number of rotatable bonds is 2. The summed E-state index contributed by atoms with van der Waals surface area (Å²) in [6.45, 7) is 0. The molecule has 0 saturated heterocycles. The predicted octanol–water partition coefficient (Wildman–Crippen LogP) is 5.52. The first-order valence-electron chi connectivity index (χ1n) is 7.79. The van der Waals surface area contributed by atoms with Crippen molar-refractivity contribution < 1.29 is 17.6 Å². The molecular formula is C19H10ClF3N2O2. The molecule has 0 aliphatic heterocycles. The first kappa shape index (κ1) is 17.4. The molecule has 4 aromatic rings. The lowest BCUT2D eigenvalue weighted by atomic mass is 10.1. The van der Waals surface area contributed by atoms with Crippen molar-refractivity contribution in [1.29, 1.82) is 0 Å². The van der Waals surface area contributed by atoms with E-state index in [0.717, 1.165) is 12.1 Å². The molecule has 136 valence electrons. The summed E-state index contributed by atoms with van der Waals surface area (Å²) in [5, 5.41) is 0.739. The van der Waals surface area contributed by atoms with Crippen molar-refractivity contribution in [2.24, 2.45) is 0 Å². The molecule has 1 N–H and O–H groups in total. The second kappa shape index (κ2) is 6.28. The minimum absolute atomic E-state index is 0.174. The topological polar surface area (TPSA) is 58.9 Å². The molecular weight excluding hydrogens is 381 g/mol. The molecule has 0 amide bonds. The largest absolute Gasteiger partial charge is 0.453 e. The molecule has 2 heterocycles. The molecule has 0 unspecified atom stereocenters. The van der Waals surface area contributed by atoms with Crippen molar-refractivity contribution in [2.75, 3.05) is 0 Å². The highest BCUT2D eigenvalue weighted by Crippen LogP contribution is 2.33. The van der Waals surface area contributed by atoms with E-state index in [1.165, 1.54) is 30.3 Å². The zero-order valence-corrected chi connectivity index (χ0v) is 14.2. The summed E-state index contributed by atoms with van der Waals surface area (Å²) in [6, 6.07) is 12.6. The van der Waals surface area contributed by atoms with Crippen LogP contribution < -0.4 is 5.56 Å². The van der Waals surface area contributed by atoms with Crippen molar-refractivity contribution in [3.05, 3.63) is 75.5 Å². The van der Waals surface area contributed by atoms with E-state index >= 15 is 0 Å². The summed E-state index contributed by atoms with van der Waals surface area (Å²) < 4.78 is 44.3. The molecule has 8 heteroatoms. The Morgan fingerprint density at radius 3 is 2.56 bits per heavy atom. The summed E-state index contributed by atoms with van der Waals surface area (Å²) in [5.74, 6) is 0.638. The standard InChI is InChI=1S/C19H10ClF3N2O2/c20-12-4-5-14-13(9-12)18(26)25-17(24-14)16-7-6-15(27-16)10-2-1-3-11(8-10)19(21,22)23/h1-9H,(H,24,25,26). The highest BCUT2D eigenvalue weighted by atomic mass is 35.5. The van der Waals surface area contributed by atoms with E-state index in [1.807, 2.05) is 0 Å². The van der Waals surface area contributed by atoms with Crippen LogP contribution in [-0.4, -0.2) is 9.97 Å². The molecule has 0 fully saturated rings. The van der Waals surface area contributed by atoms with Gasteiger partial charge < -0.3 is 9.40 Å². The minimum atomic E-state index is -4.45. The number of hydrogen-bond acceptors (Lipinski definition) is 3. The summed E-state index contributed by atoms with van der Waals surface area (Å²) in [4.78, 5) is 19.2. The SMILES string of the molecule is O=c1[nH]c(-c2ccc(-c3cccc(C(F)(F)F)c3)o2)nc2ccc(Cl)cc12. The maximum absolute atomic E-state index is 12.9. The first-order valence-corrected chi connectivity index (χ1v) is 8.16. The summed E-state index contributed by atoms with van der Waals surface area (Å²) in [7, 11) is 0. The normalized spacial score (nSPS) is 11.9. The molecule has 4 rings (SSSR count). The lowest BCUT2D eigenvalue weighted by Crippen LogP contribution is -2.09. The van der Waals surface area contributed by atoms with Crippen LogP contribution in [0.2, 0.25) is 5.02 Å². The smallest absolute Gasteiger partial charge is 0.416 e. The van der Waals surface area contributed by atoms with E-state index in [9.17, 15) is 18.0 Å². The fourth-order valence-electron chi connectivity index (χ4n) is 2.70. The highest BCUT2D eigenvalue weighted by Gasteiger charge is 2.30. The van der Waals surface area contributed by atoms with Crippen LogP contribution in [0.25, 0.3) is 33.8 Å². The Morgan fingerprint density at radius 1 is 1.00 bits per heavy atom. The lowest BCUT2D eigenvalue weighted by molar-refractivity contribution is -0.137. The molecule has 0 radical (unpaired) electrons. The molecule has 0 atom stereocenters. The number of furan rings is 1. The first-order chi connectivity index (χ1) is 12.8. The zero-order valence-electron chi connectivity index (χ0n) is 13.5. The quantitative estimate of drug-likeness (QED) is 0.490. The number of benzene rings is 2. The Hall–Kier alpha value is -3.06. The molecule has 27 heavy (non-hydrogen) atoms. The lowest BCUT2D eigenvalue weighted by Gasteiger charge is -2.07. The average molecular weight is 391 g/mol. The predicted molar refractivity (Wildman–Crippen MR) is 95.5 cm³/mol. The van der Waals surface area contributed by atoms with E-state index in [2.05, 4.69) is 9.97 Å². The highest BCUT2D eigenvalue weighted by molar-refractivity contribution is 6.31. The van der Waals surface area contributed by atoms with Gasteiger partial charge in [-0.1, -0.05) is 23.7 Å². The molecule has 0 aliphatic carbocycles. The molecule has 2 aromatic carbocycles. The Morgan fingerprint density at radius 2 is 1.78 bits per heavy atom. The molecule has 0 bridgehead atoms. The van der Waals surface area contributed by atoms with E-state index in [-0.39, 0.29) is 22.9 Å². The van der Waals surface area contributed by atoms with Crippen molar-refractivity contribution >= 4 is 22.5 Å². The van der Waals surface area contributed by atoms with Gasteiger partial charge in [-0.3, -0.25) is 4.79 Å². The fraction of sp³-hybridized carbons (Fsp3) is 0.0526. The van der Waals surface area contributed by atoms with Crippen LogP contribution in [-0.2, 0) is 6.18 Å². The number of hydrogen-bond donors (Lipinski definition) is 1. The van der Waals surface area contributed by atoms with Crippen molar-refractivity contribution in [3.8, 4) is 22.9 Å². The van der Waals surface area contributed by atoms with Gasteiger partial charge in [0.15, 0.2) is 11.6 Å². The van der Waals surface area contributed by atoms with Gasteiger partial charge in [0.25, 0.3) is 5.56 Å². The van der Waals surface area contributed by atoms with Gasteiger partial charge in [-0.25, -0.2) is 4.98 Å². The number of alkyl halides is 3. The van der Waals surface area contributed by atoms with E-state index in [0.29, 0.717) is 15.9 Å². The van der Waals surface area contributed by atoms with Gasteiger partial charge in [-0.2, -0.15) is 13.2 Å². The Bertz CT molecular complexity index is 1210. The second-order valence-corrected chi connectivity index (χ2v) is 6.25. The number of fused-ring (bicyclic) bond motifs is 1. The van der Waals surface area contributed by atoms with Crippen LogP contribution in [0.15, 0.2) is 63.8 Å². The maximum Gasteiger partial charge on any atom is 0.416 e. The second-order valence-electron chi connectivity index (χ2n) is 5.82. The van der Waals surface area contributed by atoms with Gasteiger partial charge in [0.2, 0.25) is 0 Å². The monoisotopic (exact) mass is 390 g/mol. The zero-order chi connectivity index (χ0) is 19.2. The van der Waals surface area contributed by atoms with E-state index in [4.69, 9.17) is 16.0 Å². The van der Waals surface area contributed by atoms with Crippen molar-refractivity contribution in [3.63, 3.8) is 0 Å². The molecule has 2 aromatic heterocycles. The van der Waals surface area contributed by atoms with Crippen LogP contribution in [0.4, 0.5) is 13.2 Å². The van der Waals surface area contributed by atoms with Gasteiger partial charge in [-0.05, 0) is 42.5 Å². The minimum Gasteiger partial charge on any atom is -0.453 e. The van der Waals surface area contributed by atoms with Crippen LogP contribution in [0.3, 0.4) is 0 Å². The van der Waals surface area contributed by atoms with Gasteiger partial charge in [-0.15, -0.1) is 0 Å².